The van der Waals surface area contributed by atoms with Gasteiger partial charge in [-0.15, -0.1) is 0 Å². The fourth-order valence-electron chi connectivity index (χ4n) is 1.73. The minimum absolute atomic E-state index is 0.0366. The van der Waals surface area contributed by atoms with Crippen LogP contribution in [0, 0.1) is 0 Å². The van der Waals surface area contributed by atoms with Crippen molar-refractivity contribution in [3.8, 4) is 0 Å². The molecule has 17 heavy (non-hydrogen) atoms. The molecule has 0 unspecified atom stereocenters. The number of Topliss-reactive ketones (excluding diaryl/α,β-unsaturated/α-hetero) is 1. The second-order valence-corrected chi connectivity index (χ2v) is 3.99. The first-order chi connectivity index (χ1) is 8.25. The molecule has 92 valence electrons. The molecule has 1 aliphatic rings. The molecule has 1 amide bonds. The number of hydrogen-bond acceptors (Lipinski definition) is 4. The number of nitrogens with zero attached hydrogens (tertiary/aromatic N) is 1. The van der Waals surface area contributed by atoms with E-state index in [0.717, 1.165) is 0 Å². The first-order valence-corrected chi connectivity index (χ1v) is 5.65. The van der Waals surface area contributed by atoms with E-state index in [9.17, 15) is 9.59 Å². The molecular formula is C12H15NO4. The van der Waals surface area contributed by atoms with Gasteiger partial charge in [0.2, 0.25) is 5.91 Å². The second kappa shape index (κ2) is 5.63. The number of ketones is 1. The molecule has 0 spiro atoms. The molecule has 1 aromatic heterocycles. The summed E-state index contributed by atoms with van der Waals surface area (Å²) < 4.78 is 10.3. The van der Waals surface area contributed by atoms with Crippen LogP contribution < -0.4 is 0 Å². The summed E-state index contributed by atoms with van der Waals surface area (Å²) in [5.74, 6) is 0.862. The Labute approximate surface area is 99.3 Å². The summed E-state index contributed by atoms with van der Waals surface area (Å²) >= 11 is 0. The van der Waals surface area contributed by atoms with E-state index in [1.54, 1.807) is 23.3 Å². The lowest BCUT2D eigenvalue weighted by atomic mass is 10.1. The maximum absolute atomic E-state index is 11.7. The highest BCUT2D eigenvalue weighted by Gasteiger charge is 2.20. The molecule has 2 heterocycles. The number of carbonyl (C=O) groups excluding carboxylic acids is 2. The predicted molar refractivity (Wildman–Crippen MR) is 59.2 cm³/mol. The van der Waals surface area contributed by atoms with Gasteiger partial charge in [0.1, 0.15) is 24.8 Å². The van der Waals surface area contributed by atoms with Crippen molar-refractivity contribution >= 4 is 11.7 Å². The van der Waals surface area contributed by atoms with Crippen LogP contribution in [0.2, 0.25) is 0 Å². The van der Waals surface area contributed by atoms with E-state index in [2.05, 4.69) is 0 Å². The van der Waals surface area contributed by atoms with Gasteiger partial charge >= 0.3 is 0 Å². The van der Waals surface area contributed by atoms with Crippen LogP contribution in [0.3, 0.4) is 0 Å². The Kier molecular flexibility index (Phi) is 3.93. The van der Waals surface area contributed by atoms with Gasteiger partial charge in [-0.05, 0) is 12.1 Å². The smallest absolute Gasteiger partial charge is 0.248 e. The highest BCUT2D eigenvalue weighted by Crippen LogP contribution is 2.07. The van der Waals surface area contributed by atoms with Crippen LogP contribution in [-0.2, 0) is 20.9 Å². The zero-order valence-corrected chi connectivity index (χ0v) is 9.55. The third kappa shape index (κ3) is 3.42. The Bertz CT molecular complexity index is 375. The minimum Gasteiger partial charge on any atom is -0.467 e. The fourth-order valence-corrected chi connectivity index (χ4v) is 1.73. The molecule has 0 radical (unpaired) electrons. The van der Waals surface area contributed by atoms with Crippen LogP contribution in [0.15, 0.2) is 22.8 Å². The largest absolute Gasteiger partial charge is 0.467 e. The van der Waals surface area contributed by atoms with Crippen LogP contribution in [0.5, 0.6) is 0 Å². The normalized spacial score (nSPS) is 16.2. The van der Waals surface area contributed by atoms with E-state index in [0.29, 0.717) is 38.3 Å². The Morgan fingerprint density at radius 2 is 2.18 bits per heavy atom. The number of rotatable bonds is 4. The maximum atomic E-state index is 11.7. The van der Waals surface area contributed by atoms with Gasteiger partial charge in [0.05, 0.1) is 6.26 Å². The van der Waals surface area contributed by atoms with Crippen molar-refractivity contribution in [2.75, 3.05) is 19.7 Å². The maximum Gasteiger partial charge on any atom is 0.248 e. The SMILES string of the molecule is O=C1CCN(C(=O)COCc2ccco2)CC1. The molecule has 5 nitrogen and oxygen atoms in total. The van der Waals surface area contributed by atoms with E-state index >= 15 is 0 Å². The lowest BCUT2D eigenvalue weighted by molar-refractivity contribution is -0.139. The molecular weight excluding hydrogens is 222 g/mol. The summed E-state index contributed by atoms with van der Waals surface area (Å²) in [6.07, 6.45) is 2.49. The number of carbonyl (C=O) groups is 2. The summed E-state index contributed by atoms with van der Waals surface area (Å²) in [4.78, 5) is 24.4. The Morgan fingerprint density at radius 3 is 2.82 bits per heavy atom. The molecule has 5 heteroatoms. The molecule has 0 saturated carbocycles. The van der Waals surface area contributed by atoms with E-state index < -0.39 is 0 Å². The van der Waals surface area contributed by atoms with Gasteiger partial charge in [0.25, 0.3) is 0 Å². The predicted octanol–water partition coefficient (Wildman–Crippen LogP) is 0.988. The van der Waals surface area contributed by atoms with E-state index in [4.69, 9.17) is 9.15 Å². The summed E-state index contributed by atoms with van der Waals surface area (Å²) in [6.45, 7) is 1.37. The molecule has 0 N–H and O–H groups in total. The zero-order chi connectivity index (χ0) is 12.1. The summed E-state index contributed by atoms with van der Waals surface area (Å²) in [5, 5.41) is 0. The molecule has 0 atom stereocenters. The van der Waals surface area contributed by atoms with Crippen LogP contribution in [0.25, 0.3) is 0 Å². The van der Waals surface area contributed by atoms with Crippen molar-refractivity contribution < 1.29 is 18.7 Å². The molecule has 1 aromatic rings. The molecule has 2 rings (SSSR count). The van der Waals surface area contributed by atoms with Crippen LogP contribution in [0.1, 0.15) is 18.6 Å². The highest BCUT2D eigenvalue weighted by atomic mass is 16.5. The van der Waals surface area contributed by atoms with Crippen LogP contribution >= 0.6 is 0 Å². The molecule has 1 aliphatic heterocycles. The van der Waals surface area contributed by atoms with E-state index in [1.807, 2.05) is 0 Å². The van der Waals surface area contributed by atoms with Crippen molar-refractivity contribution in [3.05, 3.63) is 24.2 Å². The monoisotopic (exact) mass is 237 g/mol. The summed E-state index contributed by atoms with van der Waals surface area (Å²) in [7, 11) is 0. The third-order valence-corrected chi connectivity index (χ3v) is 2.72. The molecule has 0 aromatic carbocycles. The fraction of sp³-hybridized carbons (Fsp3) is 0.500. The van der Waals surface area contributed by atoms with Crippen LogP contribution in [0.4, 0.5) is 0 Å². The number of likely N-dealkylation sites (tertiary alicyclic amines) is 1. The first kappa shape index (κ1) is 11.9. The Morgan fingerprint density at radius 1 is 1.41 bits per heavy atom. The molecule has 1 saturated heterocycles. The molecule has 0 bridgehead atoms. The number of furan rings is 1. The average Bonchev–Trinajstić information content (AvgIpc) is 2.83. The Balaban J connectivity index is 1.68. The van der Waals surface area contributed by atoms with Gasteiger partial charge in [-0.1, -0.05) is 0 Å². The van der Waals surface area contributed by atoms with Gasteiger partial charge in [-0.3, -0.25) is 9.59 Å². The second-order valence-electron chi connectivity index (χ2n) is 3.99. The van der Waals surface area contributed by atoms with E-state index in [-0.39, 0.29) is 18.3 Å². The lowest BCUT2D eigenvalue weighted by Crippen LogP contribution is -2.40. The quantitative estimate of drug-likeness (QED) is 0.783. The van der Waals surface area contributed by atoms with Crippen molar-refractivity contribution in [3.63, 3.8) is 0 Å². The molecule has 1 fully saturated rings. The highest BCUT2D eigenvalue weighted by molar-refractivity contribution is 5.83. The van der Waals surface area contributed by atoms with Gasteiger partial charge in [0, 0.05) is 25.9 Å². The first-order valence-electron chi connectivity index (χ1n) is 5.65. The molecule has 0 aliphatic carbocycles. The van der Waals surface area contributed by atoms with Gasteiger partial charge < -0.3 is 14.1 Å². The lowest BCUT2D eigenvalue weighted by Gasteiger charge is -2.25. The topological polar surface area (TPSA) is 59.8 Å². The van der Waals surface area contributed by atoms with Crippen molar-refractivity contribution in [1.82, 2.24) is 4.90 Å². The average molecular weight is 237 g/mol. The standard InChI is InChI=1S/C12H15NO4/c14-10-3-5-13(6-4-10)12(15)9-16-8-11-2-1-7-17-11/h1-2,7H,3-6,8-9H2. The summed E-state index contributed by atoms with van der Waals surface area (Å²) in [5.41, 5.74) is 0. The van der Waals surface area contributed by atoms with Crippen molar-refractivity contribution in [2.45, 2.75) is 19.4 Å². The summed E-state index contributed by atoms with van der Waals surface area (Å²) in [6, 6.07) is 3.57. The Hall–Kier alpha value is -1.62. The van der Waals surface area contributed by atoms with Gasteiger partial charge in [-0.25, -0.2) is 0 Å². The number of ether oxygens (including phenoxy) is 1. The number of piperidine rings is 1. The minimum atomic E-state index is -0.0657. The van der Waals surface area contributed by atoms with Crippen molar-refractivity contribution in [2.24, 2.45) is 0 Å². The number of hydrogen-bond donors (Lipinski definition) is 0. The zero-order valence-electron chi connectivity index (χ0n) is 9.55. The number of amides is 1. The van der Waals surface area contributed by atoms with Gasteiger partial charge in [-0.2, -0.15) is 0 Å². The van der Waals surface area contributed by atoms with Crippen molar-refractivity contribution in [1.29, 1.82) is 0 Å². The van der Waals surface area contributed by atoms with Gasteiger partial charge in [0.15, 0.2) is 0 Å². The third-order valence-electron chi connectivity index (χ3n) is 2.72. The van der Waals surface area contributed by atoms with E-state index in [1.165, 1.54) is 0 Å². The van der Waals surface area contributed by atoms with Crippen LogP contribution in [-0.4, -0.2) is 36.3 Å².